The number of nitrogens with one attached hydrogen (secondary N) is 1. The first kappa shape index (κ1) is 13.8. The van der Waals surface area contributed by atoms with E-state index in [1.807, 2.05) is 6.07 Å². The van der Waals surface area contributed by atoms with Crippen molar-refractivity contribution < 1.29 is 14.8 Å². The van der Waals surface area contributed by atoms with E-state index in [-0.39, 0.29) is 11.4 Å². The van der Waals surface area contributed by atoms with Crippen LogP contribution in [0.3, 0.4) is 0 Å². The fourth-order valence-electron chi connectivity index (χ4n) is 2.50. The average Bonchev–Trinajstić information content (AvgIpc) is 2.56. The number of aliphatic hydroxyl groups excluding tert-OH is 1. The van der Waals surface area contributed by atoms with E-state index >= 15 is 0 Å². The van der Waals surface area contributed by atoms with Crippen molar-refractivity contribution in [2.24, 2.45) is 0 Å². The van der Waals surface area contributed by atoms with E-state index in [0.717, 1.165) is 0 Å². The highest BCUT2D eigenvalue weighted by atomic mass is 16.6. The molecule has 6 heteroatoms. The van der Waals surface area contributed by atoms with Crippen LogP contribution < -0.4 is 5.32 Å². The highest BCUT2D eigenvalue weighted by Crippen LogP contribution is 2.35. The highest BCUT2D eigenvalue weighted by molar-refractivity contribution is 5.92. The molecular formula is C16H12N2O4. The van der Waals surface area contributed by atoms with Gasteiger partial charge < -0.3 is 15.2 Å². The minimum absolute atomic E-state index is 0.108. The van der Waals surface area contributed by atoms with Gasteiger partial charge in [-0.05, 0) is 11.6 Å². The van der Waals surface area contributed by atoms with Crippen LogP contribution in [0.15, 0.2) is 48.5 Å². The summed E-state index contributed by atoms with van der Waals surface area (Å²) in [6, 6.07) is 12.4. The molecule has 2 N–H and O–H groups in total. The lowest BCUT2D eigenvalue weighted by molar-refractivity contribution is -0.384. The molecule has 0 fully saturated rings. The zero-order valence-corrected chi connectivity index (χ0v) is 11.4. The number of benzene rings is 2. The number of nitrogens with zero attached hydrogens (tertiary/aromatic N) is 1. The Bertz CT molecular complexity index is 784. The van der Waals surface area contributed by atoms with Gasteiger partial charge in [0.25, 0.3) is 5.69 Å². The molecule has 0 spiro atoms. The van der Waals surface area contributed by atoms with Crippen LogP contribution in [-0.4, -0.2) is 16.3 Å². The summed E-state index contributed by atoms with van der Waals surface area (Å²) in [5.41, 5.74) is 1.75. The minimum atomic E-state index is -0.665. The van der Waals surface area contributed by atoms with Gasteiger partial charge in [-0.2, -0.15) is 0 Å². The van der Waals surface area contributed by atoms with E-state index < -0.39 is 11.0 Å². The maximum Gasteiger partial charge on any atom is 0.270 e. The Morgan fingerprint density at radius 3 is 2.55 bits per heavy atom. The van der Waals surface area contributed by atoms with Gasteiger partial charge in [-0.1, -0.05) is 30.3 Å². The molecule has 2 aromatic carbocycles. The van der Waals surface area contributed by atoms with E-state index in [0.29, 0.717) is 28.7 Å². The third-order valence-corrected chi connectivity index (χ3v) is 3.57. The maximum absolute atomic E-state index is 11.3. The summed E-state index contributed by atoms with van der Waals surface area (Å²) in [4.78, 5) is 21.7. The Balaban J connectivity index is 2.21. The molecule has 3 rings (SSSR count). The Kier molecular flexibility index (Phi) is 3.34. The first-order valence-electron chi connectivity index (χ1n) is 6.61. The Morgan fingerprint density at radius 2 is 1.91 bits per heavy atom. The molecule has 6 nitrogen and oxygen atoms in total. The van der Waals surface area contributed by atoms with E-state index in [1.54, 1.807) is 24.3 Å². The molecular weight excluding hydrogens is 284 g/mol. The standard InChI is InChI=1S/C16H12N2O4/c19-9-14-12-7-6-11(18(21)22)8-13(12)16(20)15(17-14)10-4-2-1-3-5-10/h1-9,14,17,20H. The SMILES string of the molecule is O=CC1NC(c2ccccc2)=C(O)c2cc([N+](=O)[O-])ccc21. The topological polar surface area (TPSA) is 92.5 Å². The molecule has 0 amide bonds. The molecule has 0 saturated heterocycles. The van der Waals surface area contributed by atoms with Crippen LogP contribution in [0.4, 0.5) is 5.69 Å². The van der Waals surface area contributed by atoms with Gasteiger partial charge in [0.15, 0.2) is 0 Å². The number of aldehydes is 1. The molecule has 22 heavy (non-hydrogen) atoms. The minimum Gasteiger partial charge on any atom is -0.505 e. The van der Waals surface area contributed by atoms with Crippen LogP contribution in [0.1, 0.15) is 22.7 Å². The van der Waals surface area contributed by atoms with Gasteiger partial charge in [-0.3, -0.25) is 10.1 Å². The molecule has 0 saturated carbocycles. The van der Waals surface area contributed by atoms with Gasteiger partial charge in [0, 0.05) is 23.3 Å². The van der Waals surface area contributed by atoms with Crippen molar-refractivity contribution in [2.45, 2.75) is 6.04 Å². The van der Waals surface area contributed by atoms with Crippen molar-refractivity contribution in [1.29, 1.82) is 0 Å². The number of fused-ring (bicyclic) bond motifs is 1. The number of nitro groups is 1. The summed E-state index contributed by atoms with van der Waals surface area (Å²) >= 11 is 0. The quantitative estimate of drug-likeness (QED) is 0.516. The van der Waals surface area contributed by atoms with E-state index in [2.05, 4.69) is 5.32 Å². The van der Waals surface area contributed by atoms with Crippen molar-refractivity contribution in [3.05, 3.63) is 75.3 Å². The van der Waals surface area contributed by atoms with E-state index in [4.69, 9.17) is 0 Å². The number of aliphatic hydroxyl groups is 1. The molecule has 0 radical (unpaired) electrons. The molecule has 1 unspecified atom stereocenters. The van der Waals surface area contributed by atoms with Gasteiger partial charge in [-0.15, -0.1) is 0 Å². The predicted octanol–water partition coefficient (Wildman–Crippen LogP) is 2.82. The van der Waals surface area contributed by atoms with Crippen LogP contribution in [0.25, 0.3) is 11.5 Å². The van der Waals surface area contributed by atoms with Crippen LogP contribution in [0.2, 0.25) is 0 Å². The number of non-ortho nitro benzene ring substituents is 1. The third kappa shape index (κ3) is 2.20. The lowest BCUT2D eigenvalue weighted by Crippen LogP contribution is -2.27. The number of rotatable bonds is 3. The summed E-state index contributed by atoms with van der Waals surface area (Å²) in [5.74, 6) is -0.108. The largest absolute Gasteiger partial charge is 0.505 e. The van der Waals surface area contributed by atoms with Crippen molar-refractivity contribution in [3.63, 3.8) is 0 Å². The van der Waals surface area contributed by atoms with E-state index in [1.165, 1.54) is 18.2 Å². The molecule has 1 aliphatic rings. The lowest BCUT2D eigenvalue weighted by Gasteiger charge is -2.26. The summed E-state index contributed by atoms with van der Waals surface area (Å²) in [5, 5.41) is 24.4. The Labute approximate surface area is 125 Å². The number of nitro benzene ring substituents is 1. The molecule has 0 bridgehead atoms. The fourth-order valence-corrected chi connectivity index (χ4v) is 2.50. The Hall–Kier alpha value is -3.15. The number of carbonyl (C=O) groups is 1. The maximum atomic E-state index is 11.3. The zero-order chi connectivity index (χ0) is 15.7. The summed E-state index contributed by atoms with van der Waals surface area (Å²) < 4.78 is 0. The average molecular weight is 296 g/mol. The number of carbonyl (C=O) groups excluding carboxylic acids is 1. The van der Waals surface area contributed by atoms with Gasteiger partial charge >= 0.3 is 0 Å². The second kappa shape index (κ2) is 5.33. The molecule has 0 aromatic heterocycles. The molecule has 0 aliphatic carbocycles. The molecule has 1 heterocycles. The van der Waals surface area contributed by atoms with Crippen LogP contribution in [0, 0.1) is 10.1 Å². The normalized spacial score (nSPS) is 16.6. The smallest absolute Gasteiger partial charge is 0.270 e. The zero-order valence-electron chi connectivity index (χ0n) is 11.4. The van der Waals surface area contributed by atoms with Crippen molar-refractivity contribution in [1.82, 2.24) is 5.32 Å². The summed E-state index contributed by atoms with van der Waals surface area (Å²) in [6.45, 7) is 0. The van der Waals surface area contributed by atoms with Crippen molar-refractivity contribution in [3.8, 4) is 0 Å². The van der Waals surface area contributed by atoms with Crippen molar-refractivity contribution in [2.75, 3.05) is 0 Å². The van der Waals surface area contributed by atoms with Crippen LogP contribution in [0.5, 0.6) is 0 Å². The van der Waals surface area contributed by atoms with Gasteiger partial charge in [0.2, 0.25) is 0 Å². The van der Waals surface area contributed by atoms with Gasteiger partial charge in [-0.25, -0.2) is 0 Å². The van der Waals surface area contributed by atoms with Gasteiger partial charge in [0.05, 0.1) is 10.6 Å². The van der Waals surface area contributed by atoms with E-state index in [9.17, 15) is 20.0 Å². The fraction of sp³-hybridized carbons (Fsp3) is 0.0625. The highest BCUT2D eigenvalue weighted by Gasteiger charge is 2.28. The second-order valence-corrected chi connectivity index (χ2v) is 4.88. The third-order valence-electron chi connectivity index (χ3n) is 3.57. The monoisotopic (exact) mass is 296 g/mol. The lowest BCUT2D eigenvalue weighted by atomic mass is 9.92. The van der Waals surface area contributed by atoms with Crippen molar-refractivity contribution >= 4 is 23.4 Å². The summed E-state index contributed by atoms with van der Waals surface area (Å²) in [7, 11) is 0. The molecule has 110 valence electrons. The first-order chi connectivity index (χ1) is 10.6. The molecule has 1 atom stereocenters. The first-order valence-corrected chi connectivity index (χ1v) is 6.61. The number of hydrogen-bond acceptors (Lipinski definition) is 5. The molecule has 1 aliphatic heterocycles. The second-order valence-electron chi connectivity index (χ2n) is 4.88. The molecule has 2 aromatic rings. The van der Waals surface area contributed by atoms with Crippen LogP contribution in [-0.2, 0) is 4.79 Å². The number of hydrogen-bond donors (Lipinski definition) is 2. The summed E-state index contributed by atoms with van der Waals surface area (Å²) in [6.07, 6.45) is 0.708. The van der Waals surface area contributed by atoms with Gasteiger partial charge in [0.1, 0.15) is 18.1 Å². The van der Waals surface area contributed by atoms with Crippen LogP contribution >= 0.6 is 0 Å². The predicted molar refractivity (Wildman–Crippen MR) is 80.9 cm³/mol. The Morgan fingerprint density at radius 1 is 1.18 bits per heavy atom.